The Kier molecular flexibility index (Phi) is 4.29. The molecule has 1 N–H and O–H groups in total. The first-order valence-corrected chi connectivity index (χ1v) is 5.24. The zero-order valence-corrected chi connectivity index (χ0v) is 10.2. The molecule has 0 aliphatic rings. The van der Waals surface area contributed by atoms with Crippen molar-refractivity contribution in [2.45, 2.75) is 13.8 Å². The number of hydrogen-bond donors (Lipinski definition) is 1. The van der Waals surface area contributed by atoms with Crippen LogP contribution in [0.15, 0.2) is 35.9 Å². The second kappa shape index (κ2) is 5.50. The molecule has 1 aromatic carbocycles. The number of rotatable bonds is 3. The van der Waals surface area contributed by atoms with Crippen molar-refractivity contribution in [3.63, 3.8) is 0 Å². The van der Waals surface area contributed by atoms with Gasteiger partial charge in [0, 0.05) is 17.9 Å². The van der Waals surface area contributed by atoms with Crippen LogP contribution < -0.4 is 4.42 Å². The topological polar surface area (TPSA) is 57.6 Å². The molecule has 5 heteroatoms. The fourth-order valence-corrected chi connectivity index (χ4v) is 1.44. The molecular weight excluding hydrogens is 242 g/mol. The summed E-state index contributed by atoms with van der Waals surface area (Å²) in [6.45, 7) is 3.51. The third-order valence-corrected chi connectivity index (χ3v) is 2.30. The zero-order valence-electron chi connectivity index (χ0n) is 9.48. The maximum absolute atomic E-state index is 11.7. The van der Waals surface area contributed by atoms with Gasteiger partial charge < -0.3 is 5.11 Å². The smallest absolute Gasteiger partial charge is 0.337 e. The van der Waals surface area contributed by atoms with E-state index >= 15 is 0 Å². The van der Waals surface area contributed by atoms with Crippen molar-refractivity contribution in [3.05, 3.63) is 41.5 Å². The number of carboxylic acid groups (broad SMARTS) is 1. The molecule has 0 spiro atoms. The van der Waals surface area contributed by atoms with Gasteiger partial charge in [-0.15, -0.1) is 0 Å². The second-order valence-corrected chi connectivity index (χ2v) is 4.00. The summed E-state index contributed by atoms with van der Waals surface area (Å²) in [6.07, 6.45) is 1.34. The molecule has 0 aliphatic heterocycles. The number of carboxylic acids is 1. The summed E-state index contributed by atoms with van der Waals surface area (Å²) < 4.78 is 0.802. The van der Waals surface area contributed by atoms with E-state index in [1.165, 1.54) is 18.2 Å². The monoisotopic (exact) mass is 253 g/mol. The molecule has 0 heterocycles. The van der Waals surface area contributed by atoms with Gasteiger partial charge in [0.1, 0.15) is 0 Å². The summed E-state index contributed by atoms with van der Waals surface area (Å²) in [5, 5.41) is 8.97. The normalized spacial score (nSPS) is 9.59. The third kappa shape index (κ3) is 3.32. The highest BCUT2D eigenvalue weighted by Crippen LogP contribution is 2.22. The Labute approximate surface area is 104 Å². The summed E-state index contributed by atoms with van der Waals surface area (Å²) in [4.78, 5) is 22.6. The van der Waals surface area contributed by atoms with E-state index in [9.17, 15) is 9.59 Å². The SMILES string of the molecule is CC(C)=CC(=O)N(Cl)c1ccccc1C(=O)O. The van der Waals surface area contributed by atoms with Crippen LogP contribution in [0, 0.1) is 0 Å². The van der Waals surface area contributed by atoms with E-state index in [2.05, 4.69) is 0 Å². The number of carbonyl (C=O) groups is 2. The molecule has 0 radical (unpaired) electrons. The molecule has 0 saturated carbocycles. The first kappa shape index (κ1) is 13.3. The number of carbonyl (C=O) groups excluding carboxylic acids is 1. The maximum atomic E-state index is 11.7. The summed E-state index contributed by atoms with van der Waals surface area (Å²) in [5.41, 5.74) is 0.927. The number of aromatic carboxylic acids is 1. The van der Waals surface area contributed by atoms with Crippen molar-refractivity contribution < 1.29 is 14.7 Å². The van der Waals surface area contributed by atoms with Crippen molar-refractivity contribution in [2.24, 2.45) is 0 Å². The number of hydrogen-bond acceptors (Lipinski definition) is 2. The second-order valence-electron chi connectivity index (χ2n) is 3.66. The number of anilines is 1. The maximum Gasteiger partial charge on any atom is 0.337 e. The van der Waals surface area contributed by atoms with Gasteiger partial charge in [0.05, 0.1) is 11.3 Å². The number of allylic oxidation sites excluding steroid dienone is 1. The molecule has 1 rings (SSSR count). The van der Waals surface area contributed by atoms with Crippen LogP contribution in [-0.4, -0.2) is 17.0 Å². The van der Waals surface area contributed by atoms with Gasteiger partial charge in [-0.2, -0.15) is 0 Å². The highest BCUT2D eigenvalue weighted by molar-refractivity contribution is 6.39. The quantitative estimate of drug-likeness (QED) is 0.666. The number of amides is 1. The Hall–Kier alpha value is -1.81. The number of benzene rings is 1. The van der Waals surface area contributed by atoms with E-state index in [-0.39, 0.29) is 11.3 Å². The predicted octanol–water partition coefficient (Wildman–Crippen LogP) is 2.84. The molecule has 1 aromatic rings. The first-order valence-electron chi connectivity index (χ1n) is 4.90. The van der Waals surface area contributed by atoms with Gasteiger partial charge in [-0.05, 0) is 26.0 Å². The Morgan fingerprint density at radius 1 is 1.29 bits per heavy atom. The van der Waals surface area contributed by atoms with E-state index in [1.807, 2.05) is 0 Å². The largest absolute Gasteiger partial charge is 0.478 e. The molecule has 0 atom stereocenters. The van der Waals surface area contributed by atoms with Gasteiger partial charge >= 0.3 is 5.97 Å². The predicted molar refractivity (Wildman–Crippen MR) is 66.2 cm³/mol. The fraction of sp³-hybridized carbons (Fsp3) is 0.167. The van der Waals surface area contributed by atoms with Gasteiger partial charge in [-0.25, -0.2) is 9.21 Å². The Morgan fingerprint density at radius 2 is 1.88 bits per heavy atom. The van der Waals surface area contributed by atoms with Gasteiger partial charge in [-0.3, -0.25) is 4.79 Å². The third-order valence-electron chi connectivity index (χ3n) is 1.95. The minimum absolute atomic E-state index is 0.0157. The van der Waals surface area contributed by atoms with Gasteiger partial charge in [0.15, 0.2) is 0 Å². The minimum Gasteiger partial charge on any atom is -0.478 e. The lowest BCUT2D eigenvalue weighted by Crippen LogP contribution is -2.20. The van der Waals surface area contributed by atoms with Crippen molar-refractivity contribution in [2.75, 3.05) is 4.42 Å². The lowest BCUT2D eigenvalue weighted by atomic mass is 10.2. The van der Waals surface area contributed by atoms with Gasteiger partial charge in [-0.1, -0.05) is 17.7 Å². The molecular formula is C12H12ClNO3. The average molecular weight is 254 g/mol. The summed E-state index contributed by atoms with van der Waals surface area (Å²) in [7, 11) is 0. The van der Waals surface area contributed by atoms with E-state index in [0.717, 1.165) is 9.99 Å². The molecule has 0 bridgehead atoms. The molecule has 0 unspecified atom stereocenters. The standard InChI is InChI=1S/C12H12ClNO3/c1-8(2)7-11(15)14(13)10-6-4-3-5-9(10)12(16)17/h3-7H,1-2H3,(H,16,17). The van der Waals surface area contributed by atoms with Gasteiger partial charge in [0.25, 0.3) is 5.91 Å². The van der Waals surface area contributed by atoms with Crippen LogP contribution in [0.4, 0.5) is 5.69 Å². The Bertz CT molecular complexity index is 478. The summed E-state index contributed by atoms with van der Waals surface area (Å²) in [5.74, 6) is -1.60. The van der Waals surface area contributed by atoms with Crippen LogP contribution in [0.25, 0.3) is 0 Å². The Morgan fingerprint density at radius 3 is 2.41 bits per heavy atom. The summed E-state index contributed by atoms with van der Waals surface area (Å²) in [6, 6.07) is 6.06. The van der Waals surface area contributed by atoms with E-state index in [0.29, 0.717) is 0 Å². The lowest BCUT2D eigenvalue weighted by molar-refractivity contribution is -0.113. The van der Waals surface area contributed by atoms with Crippen LogP contribution >= 0.6 is 11.8 Å². The van der Waals surface area contributed by atoms with Crippen LogP contribution in [0.5, 0.6) is 0 Å². The number of nitrogens with zero attached hydrogens (tertiary/aromatic N) is 1. The first-order chi connectivity index (χ1) is 7.93. The molecule has 1 amide bonds. The fourth-order valence-electron chi connectivity index (χ4n) is 1.25. The van der Waals surface area contributed by atoms with Crippen LogP contribution in [0.1, 0.15) is 24.2 Å². The molecule has 0 aromatic heterocycles. The zero-order chi connectivity index (χ0) is 13.0. The van der Waals surface area contributed by atoms with Crippen LogP contribution in [-0.2, 0) is 4.79 Å². The molecule has 0 fully saturated rings. The van der Waals surface area contributed by atoms with Crippen molar-refractivity contribution in [1.29, 1.82) is 0 Å². The number of para-hydroxylation sites is 1. The van der Waals surface area contributed by atoms with Crippen LogP contribution in [0.3, 0.4) is 0 Å². The molecule has 4 nitrogen and oxygen atoms in total. The molecule has 90 valence electrons. The van der Waals surface area contributed by atoms with Crippen molar-refractivity contribution in [1.82, 2.24) is 0 Å². The lowest BCUT2D eigenvalue weighted by Gasteiger charge is -2.14. The Balaban J connectivity index is 3.12. The molecule has 0 saturated heterocycles. The summed E-state index contributed by atoms with van der Waals surface area (Å²) >= 11 is 5.83. The van der Waals surface area contributed by atoms with E-state index in [1.54, 1.807) is 26.0 Å². The van der Waals surface area contributed by atoms with Crippen LogP contribution in [0.2, 0.25) is 0 Å². The van der Waals surface area contributed by atoms with E-state index in [4.69, 9.17) is 16.9 Å². The number of halogens is 1. The molecule has 17 heavy (non-hydrogen) atoms. The minimum atomic E-state index is -1.13. The van der Waals surface area contributed by atoms with Crippen molar-refractivity contribution >= 4 is 29.3 Å². The highest BCUT2D eigenvalue weighted by atomic mass is 35.5. The van der Waals surface area contributed by atoms with Gasteiger partial charge in [0.2, 0.25) is 0 Å². The average Bonchev–Trinajstić information content (AvgIpc) is 2.27. The van der Waals surface area contributed by atoms with Crippen molar-refractivity contribution in [3.8, 4) is 0 Å². The highest BCUT2D eigenvalue weighted by Gasteiger charge is 2.18. The molecule has 0 aliphatic carbocycles. The van der Waals surface area contributed by atoms with E-state index < -0.39 is 11.9 Å².